The minimum absolute atomic E-state index is 0. The summed E-state index contributed by atoms with van der Waals surface area (Å²) in [6, 6.07) is 0. The van der Waals surface area contributed by atoms with Gasteiger partial charge in [0.1, 0.15) is 5.92 Å². The minimum atomic E-state index is -1.16. The summed E-state index contributed by atoms with van der Waals surface area (Å²) in [5, 5.41) is 23.3. The van der Waals surface area contributed by atoms with Gasteiger partial charge < -0.3 is 35.2 Å². The average molecular weight is 647 g/mol. The van der Waals surface area contributed by atoms with Crippen molar-refractivity contribution in [3.05, 3.63) is 95.0 Å². The summed E-state index contributed by atoms with van der Waals surface area (Å²) in [7, 11) is 1.32. The maximum absolute atomic E-state index is 13.4. The predicted octanol–water partition coefficient (Wildman–Crippen LogP) is 4.76. The van der Waals surface area contributed by atoms with Crippen LogP contribution in [-0.4, -0.2) is 53.8 Å². The zero-order valence-corrected chi connectivity index (χ0v) is 30.1. The van der Waals surface area contributed by atoms with Crippen molar-refractivity contribution in [2.75, 3.05) is 13.7 Å². The molecule has 1 N–H and O–H groups in total. The van der Waals surface area contributed by atoms with Crippen molar-refractivity contribution in [3.8, 4) is 0 Å². The van der Waals surface area contributed by atoms with Gasteiger partial charge in [-0.05, 0) is 64.4 Å². The van der Waals surface area contributed by atoms with E-state index in [9.17, 15) is 14.7 Å². The van der Waals surface area contributed by atoms with Gasteiger partial charge >= 0.3 is 35.0 Å². The first-order valence-electron chi connectivity index (χ1n) is 16.3. The summed E-state index contributed by atoms with van der Waals surface area (Å²) in [5.41, 5.74) is 11.2. The SMILES string of the molecule is CCOC(=O)CCC1=C2[N-]/C(=C\C3=C(C)[C@H](CC)/C(=C/c4[n-]c(c(CC)c4C)/C=c4\[n-]c5c(c4C)[C@@H](O)[C@H](C(=O)OC)C=52)[N-]3)[C@H]1C.[Mg+2]. The van der Waals surface area contributed by atoms with E-state index in [0.29, 0.717) is 40.6 Å². The van der Waals surface area contributed by atoms with Crippen molar-refractivity contribution in [3.63, 3.8) is 0 Å². The van der Waals surface area contributed by atoms with Crippen LogP contribution in [-0.2, 0) is 25.5 Å². The predicted molar refractivity (Wildman–Crippen MR) is 182 cm³/mol. The molecule has 6 rings (SSSR count). The molecule has 0 amide bonds. The Labute approximate surface area is 292 Å². The van der Waals surface area contributed by atoms with Crippen molar-refractivity contribution in [1.82, 2.24) is 9.97 Å². The number of esters is 2. The molecule has 0 radical (unpaired) electrons. The summed E-state index contributed by atoms with van der Waals surface area (Å²) in [6.45, 7) is 14.6. The second kappa shape index (κ2) is 13.6. The number of fused-ring (bicyclic) bond motifs is 8. The molecule has 4 atom stereocenters. The molecule has 47 heavy (non-hydrogen) atoms. The molecular weight excluding hydrogens is 605 g/mol. The Morgan fingerprint density at radius 1 is 0.957 bits per heavy atom. The number of ether oxygens (including phenoxy) is 2. The van der Waals surface area contributed by atoms with Crippen molar-refractivity contribution >= 4 is 52.7 Å². The zero-order chi connectivity index (χ0) is 33.0. The first kappa shape index (κ1) is 34.8. The fourth-order valence-electron chi connectivity index (χ4n) is 7.51. The van der Waals surface area contributed by atoms with E-state index in [1.165, 1.54) is 7.11 Å². The standard InChI is InChI=1S/C37H42N4O5.Mg/c1-9-21-17(4)24-14-26-19(6)23(12-13-30(42)46-11-3)34(40-26)32-33(37(44)45-8)36(43)31-20(7)27(41-35(31)32)16-29-22(10-2)18(5)25(39-29)15-28(21)38-24;/h14-16,19,21,33,36,43H,9-13H2,1-8H3;/q-4;+2/b26-14-,27-16-,28-15-;/t19-,21-,33+,36+;/m0./s1. The van der Waals surface area contributed by atoms with Crippen LogP contribution in [0.1, 0.15) is 93.6 Å². The third-order valence-electron chi connectivity index (χ3n) is 10.1. The molecule has 0 spiro atoms. The maximum atomic E-state index is 13.4. The number of aliphatic hydroxyl groups is 1. The fraction of sp³-hybridized carbons (Fsp3) is 0.459. The molecule has 8 bridgehead atoms. The van der Waals surface area contributed by atoms with Crippen molar-refractivity contribution < 1.29 is 24.2 Å². The Morgan fingerprint density at radius 2 is 1.70 bits per heavy atom. The van der Waals surface area contributed by atoms with Gasteiger partial charge in [0.2, 0.25) is 0 Å². The van der Waals surface area contributed by atoms with Gasteiger partial charge in [-0.2, -0.15) is 11.4 Å². The number of aromatic nitrogens is 2. The van der Waals surface area contributed by atoms with Crippen LogP contribution in [0.2, 0.25) is 0 Å². The summed E-state index contributed by atoms with van der Waals surface area (Å²) >= 11 is 0. The molecular formula is C37H42MgN4O5-2. The van der Waals surface area contributed by atoms with E-state index < -0.39 is 18.0 Å². The first-order chi connectivity index (χ1) is 22.0. The summed E-state index contributed by atoms with van der Waals surface area (Å²) < 4.78 is 10.5. The number of methoxy groups -OCH3 is 1. The number of carbonyl (C=O) groups excluding carboxylic acids is 2. The van der Waals surface area contributed by atoms with E-state index in [2.05, 4.69) is 40.7 Å². The number of hydrogen-bond acceptors (Lipinski definition) is 5. The number of carbonyl (C=O) groups is 2. The Morgan fingerprint density at radius 3 is 2.36 bits per heavy atom. The van der Waals surface area contributed by atoms with Gasteiger partial charge in [-0.15, -0.1) is 33.5 Å². The monoisotopic (exact) mass is 646 g/mol. The molecule has 4 aliphatic rings. The van der Waals surface area contributed by atoms with Gasteiger partial charge in [0.15, 0.2) is 0 Å². The minimum Gasteiger partial charge on any atom is -0.661 e. The van der Waals surface area contributed by atoms with Crippen molar-refractivity contribution in [2.24, 2.45) is 17.8 Å². The smallest absolute Gasteiger partial charge is 0.661 e. The third kappa shape index (κ3) is 5.72. The topological polar surface area (TPSA) is 129 Å². The molecule has 0 saturated heterocycles. The number of aliphatic hydroxyl groups excluding tert-OH is 1. The quantitative estimate of drug-likeness (QED) is 0.339. The molecule has 3 aliphatic heterocycles. The van der Waals surface area contributed by atoms with Gasteiger partial charge in [0.25, 0.3) is 0 Å². The molecule has 1 aliphatic carbocycles. The van der Waals surface area contributed by atoms with Crippen LogP contribution in [0, 0.1) is 31.6 Å². The van der Waals surface area contributed by atoms with Crippen molar-refractivity contribution in [1.29, 1.82) is 0 Å². The summed E-state index contributed by atoms with van der Waals surface area (Å²) in [5.74, 6) is -1.90. The van der Waals surface area contributed by atoms with Crippen LogP contribution in [0.4, 0.5) is 0 Å². The molecule has 10 heteroatoms. The molecule has 0 aromatic carbocycles. The molecule has 0 unspecified atom stereocenters. The van der Waals surface area contributed by atoms with Gasteiger partial charge in [-0.25, -0.2) is 0 Å². The zero-order valence-electron chi connectivity index (χ0n) is 28.7. The number of rotatable bonds is 7. The van der Waals surface area contributed by atoms with Crippen LogP contribution < -0.4 is 20.7 Å². The Hall–Kier alpha value is -3.47. The van der Waals surface area contributed by atoms with Crippen LogP contribution in [0.25, 0.3) is 28.4 Å². The van der Waals surface area contributed by atoms with E-state index in [-0.39, 0.29) is 47.3 Å². The molecule has 5 heterocycles. The summed E-state index contributed by atoms with van der Waals surface area (Å²) in [4.78, 5) is 36.0. The molecule has 2 aromatic rings. The van der Waals surface area contributed by atoms with Crippen LogP contribution in [0.5, 0.6) is 0 Å². The van der Waals surface area contributed by atoms with E-state index in [0.717, 1.165) is 69.2 Å². The van der Waals surface area contributed by atoms with Gasteiger partial charge in [-0.3, -0.25) is 9.59 Å². The van der Waals surface area contributed by atoms with E-state index in [4.69, 9.17) is 30.1 Å². The summed E-state index contributed by atoms with van der Waals surface area (Å²) in [6.07, 6.45) is 7.22. The Bertz CT molecular complexity index is 1890. The molecule has 0 fully saturated rings. The molecule has 0 saturated carbocycles. The van der Waals surface area contributed by atoms with Gasteiger partial charge in [0.05, 0.1) is 19.8 Å². The number of nitrogens with zero attached hydrogens (tertiary/aromatic N) is 4. The van der Waals surface area contributed by atoms with E-state index in [1.54, 1.807) is 6.92 Å². The van der Waals surface area contributed by atoms with Crippen LogP contribution in [0.15, 0.2) is 40.0 Å². The number of hydrogen-bond donors (Lipinski definition) is 1. The Balaban J connectivity index is 0.00000433. The van der Waals surface area contributed by atoms with Crippen LogP contribution in [0.3, 0.4) is 0 Å². The second-order valence-electron chi connectivity index (χ2n) is 12.5. The Kier molecular flexibility index (Phi) is 10.1. The average Bonchev–Trinajstić information content (AvgIpc) is 3.77. The molecule has 2 aromatic heterocycles. The maximum Gasteiger partial charge on any atom is 2.00 e. The molecule has 244 valence electrons. The number of allylic oxidation sites excluding steroid dienone is 4. The van der Waals surface area contributed by atoms with Crippen LogP contribution >= 0.6 is 0 Å². The van der Waals surface area contributed by atoms with E-state index in [1.807, 2.05) is 19.1 Å². The first-order valence-corrected chi connectivity index (χ1v) is 16.3. The normalized spacial score (nSPS) is 25.6. The largest absolute Gasteiger partial charge is 2.00 e. The second-order valence-corrected chi connectivity index (χ2v) is 12.5. The van der Waals surface area contributed by atoms with E-state index >= 15 is 0 Å². The molecule has 9 nitrogen and oxygen atoms in total. The third-order valence-corrected chi connectivity index (χ3v) is 10.1. The van der Waals surface area contributed by atoms with Gasteiger partial charge in [0, 0.05) is 6.42 Å². The fourth-order valence-corrected chi connectivity index (χ4v) is 7.51. The van der Waals surface area contributed by atoms with Gasteiger partial charge in [-0.1, -0.05) is 72.4 Å². The van der Waals surface area contributed by atoms with Crippen molar-refractivity contribution in [2.45, 2.75) is 80.3 Å².